The summed E-state index contributed by atoms with van der Waals surface area (Å²) in [5, 5.41) is 1.07. The van der Waals surface area contributed by atoms with Crippen LogP contribution in [0.1, 0.15) is 18.2 Å². The first-order valence-corrected chi connectivity index (χ1v) is 7.90. The summed E-state index contributed by atoms with van der Waals surface area (Å²) in [4.78, 5) is 19.0. The number of rotatable bonds is 4. The fraction of sp³-hybridized carbons (Fsp3) is 0.267. The lowest BCUT2D eigenvalue weighted by molar-refractivity contribution is -0.141. The molecule has 0 aliphatic rings. The average Bonchev–Trinajstić information content (AvgIpc) is 2.53. The Kier molecular flexibility index (Phi) is 5.79. The number of anilines is 1. The molecular weight excluding hydrogens is 384 g/mol. The molecule has 2 rings (SSSR count). The molecule has 0 fully saturated rings. The fourth-order valence-electron chi connectivity index (χ4n) is 1.78. The molecule has 0 saturated heterocycles. The fourth-order valence-corrected chi connectivity index (χ4v) is 2.54. The molecular formula is C15H11F6N3OS. The van der Waals surface area contributed by atoms with Gasteiger partial charge in [0.15, 0.2) is 5.16 Å². The molecule has 0 saturated carbocycles. The minimum atomic E-state index is -4.65. The van der Waals surface area contributed by atoms with Gasteiger partial charge in [-0.2, -0.15) is 26.3 Å². The SMILES string of the molecule is C[C@@H](Sc1nccc(C(F)(F)F)n1)C(=O)Nc1cccc(C(F)(F)F)c1. The maximum Gasteiger partial charge on any atom is 0.433 e. The van der Waals surface area contributed by atoms with Crippen LogP contribution < -0.4 is 5.32 Å². The normalized spacial score (nSPS) is 13.3. The molecule has 11 heteroatoms. The number of thioether (sulfide) groups is 1. The van der Waals surface area contributed by atoms with E-state index in [1.54, 1.807) is 0 Å². The first kappa shape index (κ1) is 20.0. The van der Waals surface area contributed by atoms with Crippen LogP contribution in [0.25, 0.3) is 0 Å². The smallest absolute Gasteiger partial charge is 0.325 e. The van der Waals surface area contributed by atoms with Crippen molar-refractivity contribution in [1.82, 2.24) is 9.97 Å². The molecule has 2 aromatic rings. The van der Waals surface area contributed by atoms with Gasteiger partial charge >= 0.3 is 12.4 Å². The quantitative estimate of drug-likeness (QED) is 0.466. The van der Waals surface area contributed by atoms with Crippen molar-refractivity contribution in [2.75, 3.05) is 5.32 Å². The minimum Gasteiger partial charge on any atom is -0.325 e. The molecule has 1 amide bonds. The Hall–Kier alpha value is -2.30. The van der Waals surface area contributed by atoms with Crippen LogP contribution in [0, 0.1) is 0 Å². The van der Waals surface area contributed by atoms with E-state index in [1.807, 2.05) is 0 Å². The van der Waals surface area contributed by atoms with Crippen LogP contribution in [0.3, 0.4) is 0 Å². The molecule has 0 unspecified atom stereocenters. The summed E-state index contributed by atoms with van der Waals surface area (Å²) in [5.41, 5.74) is -2.17. The van der Waals surface area contributed by atoms with Gasteiger partial charge in [-0.15, -0.1) is 0 Å². The van der Waals surface area contributed by atoms with Crippen molar-refractivity contribution in [3.8, 4) is 0 Å². The van der Waals surface area contributed by atoms with E-state index >= 15 is 0 Å². The van der Waals surface area contributed by atoms with E-state index < -0.39 is 34.8 Å². The zero-order valence-electron chi connectivity index (χ0n) is 13.0. The van der Waals surface area contributed by atoms with Crippen LogP contribution in [0.2, 0.25) is 0 Å². The highest BCUT2D eigenvalue weighted by molar-refractivity contribution is 8.00. The molecule has 1 heterocycles. The number of benzene rings is 1. The molecule has 4 nitrogen and oxygen atoms in total. The van der Waals surface area contributed by atoms with Crippen molar-refractivity contribution in [3.05, 3.63) is 47.8 Å². The summed E-state index contributed by atoms with van der Waals surface area (Å²) in [6.07, 6.45) is -8.30. The number of amides is 1. The monoisotopic (exact) mass is 395 g/mol. The molecule has 0 spiro atoms. The van der Waals surface area contributed by atoms with E-state index in [9.17, 15) is 31.1 Å². The zero-order valence-corrected chi connectivity index (χ0v) is 13.8. The van der Waals surface area contributed by atoms with Crippen LogP contribution in [0.4, 0.5) is 32.0 Å². The molecule has 26 heavy (non-hydrogen) atoms. The Morgan fingerprint density at radius 1 is 1.12 bits per heavy atom. The Labute approximate surface area is 148 Å². The number of carbonyl (C=O) groups is 1. The van der Waals surface area contributed by atoms with Gasteiger partial charge in [-0.1, -0.05) is 17.8 Å². The number of nitrogens with one attached hydrogen (secondary N) is 1. The summed E-state index contributed by atoms with van der Waals surface area (Å²) < 4.78 is 75.8. The lowest BCUT2D eigenvalue weighted by Gasteiger charge is -2.13. The average molecular weight is 395 g/mol. The molecule has 1 N–H and O–H groups in total. The number of alkyl halides is 6. The summed E-state index contributed by atoms with van der Waals surface area (Å²) in [7, 11) is 0. The maximum atomic E-state index is 12.7. The van der Waals surface area contributed by atoms with Gasteiger partial charge < -0.3 is 5.32 Å². The van der Waals surface area contributed by atoms with Crippen molar-refractivity contribution < 1.29 is 31.1 Å². The number of hydrogen-bond acceptors (Lipinski definition) is 4. The third-order valence-electron chi connectivity index (χ3n) is 3.03. The molecule has 0 radical (unpaired) electrons. The largest absolute Gasteiger partial charge is 0.433 e. The lowest BCUT2D eigenvalue weighted by Crippen LogP contribution is -2.23. The first-order chi connectivity index (χ1) is 12.0. The number of nitrogens with zero attached hydrogens (tertiary/aromatic N) is 2. The second kappa shape index (κ2) is 7.52. The summed E-state index contributed by atoms with van der Waals surface area (Å²) in [5.74, 6) is -0.699. The second-order valence-electron chi connectivity index (χ2n) is 5.05. The van der Waals surface area contributed by atoms with Gasteiger partial charge in [0, 0.05) is 11.9 Å². The Morgan fingerprint density at radius 3 is 2.42 bits per heavy atom. The molecule has 0 aliphatic carbocycles. The molecule has 140 valence electrons. The molecule has 1 aromatic carbocycles. The van der Waals surface area contributed by atoms with Crippen LogP contribution in [0.5, 0.6) is 0 Å². The van der Waals surface area contributed by atoms with E-state index in [2.05, 4.69) is 15.3 Å². The van der Waals surface area contributed by atoms with Gasteiger partial charge in [-0.3, -0.25) is 4.79 Å². The van der Waals surface area contributed by atoms with Crippen molar-refractivity contribution in [1.29, 1.82) is 0 Å². The Balaban J connectivity index is 2.07. The molecule has 1 aromatic heterocycles. The van der Waals surface area contributed by atoms with Gasteiger partial charge in [0.25, 0.3) is 0 Å². The first-order valence-electron chi connectivity index (χ1n) is 7.02. The predicted octanol–water partition coefficient (Wildman–Crippen LogP) is 4.63. The van der Waals surface area contributed by atoms with Gasteiger partial charge in [0.1, 0.15) is 5.69 Å². The van der Waals surface area contributed by atoms with E-state index in [-0.39, 0.29) is 10.8 Å². The van der Waals surface area contributed by atoms with Gasteiger partial charge in [-0.05, 0) is 31.2 Å². The number of aromatic nitrogens is 2. The second-order valence-corrected chi connectivity index (χ2v) is 6.36. The van der Waals surface area contributed by atoms with E-state index in [0.29, 0.717) is 17.8 Å². The Bertz CT molecular complexity index is 793. The van der Waals surface area contributed by atoms with E-state index in [4.69, 9.17) is 0 Å². The third-order valence-corrected chi connectivity index (χ3v) is 4.01. The predicted molar refractivity (Wildman–Crippen MR) is 82.4 cm³/mol. The summed E-state index contributed by atoms with van der Waals surface area (Å²) in [6, 6.07) is 4.70. The number of carbonyl (C=O) groups excluding carboxylic acids is 1. The highest BCUT2D eigenvalue weighted by Crippen LogP contribution is 2.31. The van der Waals surface area contributed by atoms with E-state index in [0.717, 1.165) is 24.4 Å². The van der Waals surface area contributed by atoms with Gasteiger partial charge in [0.2, 0.25) is 5.91 Å². The molecule has 1 atom stereocenters. The van der Waals surface area contributed by atoms with E-state index in [1.165, 1.54) is 13.0 Å². The topological polar surface area (TPSA) is 54.9 Å². The van der Waals surface area contributed by atoms with Gasteiger partial charge in [0.05, 0.1) is 10.8 Å². The third kappa shape index (κ3) is 5.35. The van der Waals surface area contributed by atoms with Crippen molar-refractivity contribution >= 4 is 23.4 Å². The van der Waals surface area contributed by atoms with Crippen molar-refractivity contribution in [2.24, 2.45) is 0 Å². The van der Waals surface area contributed by atoms with Crippen LogP contribution >= 0.6 is 11.8 Å². The van der Waals surface area contributed by atoms with Crippen LogP contribution in [0.15, 0.2) is 41.7 Å². The van der Waals surface area contributed by atoms with Crippen molar-refractivity contribution in [3.63, 3.8) is 0 Å². The number of halogens is 6. The number of hydrogen-bond donors (Lipinski definition) is 1. The summed E-state index contributed by atoms with van der Waals surface area (Å²) >= 11 is 0.654. The van der Waals surface area contributed by atoms with Crippen LogP contribution in [-0.4, -0.2) is 21.1 Å². The Morgan fingerprint density at radius 2 is 1.81 bits per heavy atom. The molecule has 0 aliphatic heterocycles. The van der Waals surface area contributed by atoms with Crippen LogP contribution in [-0.2, 0) is 17.1 Å². The maximum absolute atomic E-state index is 12.7. The lowest BCUT2D eigenvalue weighted by atomic mass is 10.2. The van der Waals surface area contributed by atoms with Gasteiger partial charge in [-0.25, -0.2) is 9.97 Å². The minimum absolute atomic E-state index is 0.0813. The highest BCUT2D eigenvalue weighted by atomic mass is 32.2. The van der Waals surface area contributed by atoms with Crippen molar-refractivity contribution in [2.45, 2.75) is 29.7 Å². The summed E-state index contributed by atoms with van der Waals surface area (Å²) in [6.45, 7) is 1.37. The zero-order chi connectivity index (χ0) is 19.5. The highest BCUT2D eigenvalue weighted by Gasteiger charge is 2.33. The standard InChI is InChI=1S/C15H11F6N3OS/c1-8(26-13-22-6-5-11(24-13)15(19,20)21)12(25)23-10-4-2-3-9(7-10)14(16,17)18/h2-8H,1H3,(H,23,25)/t8-/m1/s1. The molecule has 0 bridgehead atoms.